The minimum Gasteiger partial charge on any atom is -0.421 e. The van der Waals surface area contributed by atoms with Crippen LogP contribution in [0.5, 0.6) is 0 Å². The van der Waals surface area contributed by atoms with Gasteiger partial charge in [0.1, 0.15) is 0 Å². The Bertz CT molecular complexity index is 161. The molecule has 0 aromatic rings. The van der Waals surface area contributed by atoms with Crippen molar-refractivity contribution in [1.82, 2.24) is 0 Å². The van der Waals surface area contributed by atoms with E-state index in [1.165, 1.54) is 19.3 Å². The summed E-state index contributed by atoms with van der Waals surface area (Å²) in [6, 6.07) is 0. The molecule has 1 saturated carbocycles. The first-order valence-corrected chi connectivity index (χ1v) is 6.42. The molecule has 2 nitrogen and oxygen atoms in total. The molecule has 1 aliphatic heterocycles. The molecule has 0 bridgehead atoms. The van der Waals surface area contributed by atoms with Gasteiger partial charge in [-0.25, -0.2) is 0 Å². The van der Waals surface area contributed by atoms with Gasteiger partial charge < -0.3 is 9.16 Å². The van der Waals surface area contributed by atoms with Gasteiger partial charge in [0.05, 0.1) is 12.2 Å². The van der Waals surface area contributed by atoms with Crippen LogP contribution in [-0.2, 0) is 9.16 Å². The van der Waals surface area contributed by atoms with Crippen molar-refractivity contribution >= 4 is 9.76 Å². The molecule has 3 heteroatoms. The second-order valence-electron chi connectivity index (χ2n) is 4.27. The van der Waals surface area contributed by atoms with Gasteiger partial charge in [0.25, 0.3) is 0 Å². The summed E-state index contributed by atoms with van der Waals surface area (Å²) in [6.45, 7) is 4.26. The monoisotopic (exact) mass is 186 g/mol. The summed E-state index contributed by atoms with van der Waals surface area (Å²) >= 11 is 0. The maximum Gasteiger partial charge on any atom is 0.165 e. The van der Waals surface area contributed by atoms with Crippen molar-refractivity contribution in [3.8, 4) is 0 Å². The van der Waals surface area contributed by atoms with Crippen LogP contribution in [0.3, 0.4) is 0 Å². The predicted octanol–water partition coefficient (Wildman–Crippen LogP) is 1.24. The van der Waals surface area contributed by atoms with E-state index in [-0.39, 0.29) is 9.76 Å². The zero-order chi connectivity index (χ0) is 8.55. The lowest BCUT2D eigenvalue weighted by atomic mass is 10.0. The molecule has 1 heterocycles. The van der Waals surface area contributed by atoms with Gasteiger partial charge >= 0.3 is 0 Å². The van der Waals surface area contributed by atoms with Gasteiger partial charge in [0, 0.05) is 6.10 Å². The van der Waals surface area contributed by atoms with Gasteiger partial charge in [-0.05, 0) is 38.7 Å². The molecule has 3 atom stereocenters. The maximum atomic E-state index is 5.73. The highest BCUT2D eigenvalue weighted by Gasteiger charge is 2.43. The average Bonchev–Trinajstić information content (AvgIpc) is 2.78. The molecular formula is C9H18O2Si. The van der Waals surface area contributed by atoms with Gasteiger partial charge in [-0.3, -0.25) is 0 Å². The SMILES string of the molecule is CC(C)O[SiH2]C1CCC2OC2C1. The molecule has 0 radical (unpaired) electrons. The summed E-state index contributed by atoms with van der Waals surface area (Å²) in [5.41, 5.74) is 0.899. The van der Waals surface area contributed by atoms with Crippen LogP contribution >= 0.6 is 0 Å². The summed E-state index contributed by atoms with van der Waals surface area (Å²) < 4.78 is 11.2. The number of epoxide rings is 1. The predicted molar refractivity (Wildman–Crippen MR) is 51.0 cm³/mol. The van der Waals surface area contributed by atoms with Crippen molar-refractivity contribution in [2.45, 2.75) is 57.0 Å². The zero-order valence-electron chi connectivity index (χ0n) is 7.95. The third-order valence-electron chi connectivity index (χ3n) is 2.78. The summed E-state index contributed by atoms with van der Waals surface area (Å²) in [5.74, 6) is 0. The first-order chi connectivity index (χ1) is 5.75. The van der Waals surface area contributed by atoms with E-state index in [0.717, 1.165) is 5.54 Å². The Morgan fingerprint density at radius 1 is 1.33 bits per heavy atom. The van der Waals surface area contributed by atoms with Gasteiger partial charge in [-0.1, -0.05) is 0 Å². The van der Waals surface area contributed by atoms with E-state index in [9.17, 15) is 0 Å². The highest BCUT2D eigenvalue weighted by atomic mass is 28.2. The second kappa shape index (κ2) is 3.48. The number of hydrogen-bond donors (Lipinski definition) is 0. The molecular weight excluding hydrogens is 168 g/mol. The minimum atomic E-state index is -0.267. The van der Waals surface area contributed by atoms with Gasteiger partial charge in [-0.2, -0.15) is 0 Å². The number of hydrogen-bond acceptors (Lipinski definition) is 2. The number of fused-ring (bicyclic) bond motifs is 1. The molecule has 2 fully saturated rings. The third-order valence-corrected chi connectivity index (χ3v) is 4.85. The molecule has 0 spiro atoms. The lowest BCUT2D eigenvalue weighted by molar-refractivity contribution is 0.246. The molecule has 2 rings (SSSR count). The van der Waals surface area contributed by atoms with Gasteiger partial charge in [-0.15, -0.1) is 0 Å². The second-order valence-corrected chi connectivity index (χ2v) is 6.10. The lowest BCUT2D eigenvalue weighted by Crippen LogP contribution is -2.18. The number of rotatable bonds is 3. The third kappa shape index (κ3) is 2.09. The summed E-state index contributed by atoms with van der Waals surface area (Å²) in [7, 11) is -0.267. The fraction of sp³-hybridized carbons (Fsp3) is 1.00. The van der Waals surface area contributed by atoms with Gasteiger partial charge in [0.15, 0.2) is 9.76 Å². The van der Waals surface area contributed by atoms with E-state index in [2.05, 4.69) is 13.8 Å². The molecule has 12 heavy (non-hydrogen) atoms. The molecule has 2 aliphatic rings. The smallest absolute Gasteiger partial charge is 0.165 e. The Kier molecular flexibility index (Phi) is 2.53. The fourth-order valence-electron chi connectivity index (χ4n) is 1.97. The lowest BCUT2D eigenvalue weighted by Gasteiger charge is -2.19. The molecule has 1 aliphatic carbocycles. The summed E-state index contributed by atoms with van der Waals surface area (Å²) in [6.07, 6.45) is 5.67. The van der Waals surface area contributed by atoms with Crippen molar-refractivity contribution < 1.29 is 9.16 Å². The first-order valence-electron chi connectivity index (χ1n) is 5.03. The highest BCUT2D eigenvalue weighted by Crippen LogP contribution is 2.41. The standard InChI is InChI=1S/C9H18O2Si/c1-6(2)11-12-7-3-4-8-9(5-7)10-8/h6-9H,3-5,12H2,1-2H3. The van der Waals surface area contributed by atoms with E-state index >= 15 is 0 Å². The maximum absolute atomic E-state index is 5.73. The van der Waals surface area contributed by atoms with Crippen molar-refractivity contribution in [3.63, 3.8) is 0 Å². The van der Waals surface area contributed by atoms with Crippen molar-refractivity contribution in [3.05, 3.63) is 0 Å². The Hall–Kier alpha value is 0.137. The first kappa shape index (κ1) is 8.72. The fourth-order valence-corrected chi connectivity index (χ4v) is 3.49. The molecule has 0 aromatic carbocycles. The van der Waals surface area contributed by atoms with E-state index in [4.69, 9.17) is 9.16 Å². The van der Waals surface area contributed by atoms with Crippen molar-refractivity contribution in [2.24, 2.45) is 0 Å². The van der Waals surface area contributed by atoms with E-state index in [1.807, 2.05) is 0 Å². The van der Waals surface area contributed by atoms with Crippen LogP contribution in [0.4, 0.5) is 0 Å². The van der Waals surface area contributed by atoms with E-state index in [1.54, 1.807) is 0 Å². The molecule has 0 aromatic heterocycles. The molecule has 0 amide bonds. The topological polar surface area (TPSA) is 21.8 Å². The van der Waals surface area contributed by atoms with E-state index in [0.29, 0.717) is 18.3 Å². The molecule has 1 saturated heterocycles. The quantitative estimate of drug-likeness (QED) is 0.488. The van der Waals surface area contributed by atoms with Crippen LogP contribution < -0.4 is 0 Å². The van der Waals surface area contributed by atoms with Crippen LogP contribution in [0.2, 0.25) is 5.54 Å². The van der Waals surface area contributed by atoms with Crippen LogP contribution in [0, 0.1) is 0 Å². The van der Waals surface area contributed by atoms with Crippen molar-refractivity contribution in [2.75, 3.05) is 0 Å². The molecule has 70 valence electrons. The average molecular weight is 186 g/mol. The van der Waals surface area contributed by atoms with Crippen LogP contribution in [0.1, 0.15) is 33.1 Å². The van der Waals surface area contributed by atoms with E-state index < -0.39 is 0 Å². The Morgan fingerprint density at radius 2 is 2.17 bits per heavy atom. The van der Waals surface area contributed by atoms with Crippen molar-refractivity contribution in [1.29, 1.82) is 0 Å². The largest absolute Gasteiger partial charge is 0.421 e. The molecule has 0 N–H and O–H groups in total. The Morgan fingerprint density at radius 3 is 2.83 bits per heavy atom. The minimum absolute atomic E-state index is 0.267. The Labute approximate surface area is 76.6 Å². The van der Waals surface area contributed by atoms with Gasteiger partial charge in [0.2, 0.25) is 0 Å². The summed E-state index contributed by atoms with van der Waals surface area (Å²) in [4.78, 5) is 0. The van der Waals surface area contributed by atoms with Crippen LogP contribution in [-0.4, -0.2) is 28.1 Å². The zero-order valence-corrected chi connectivity index (χ0v) is 9.37. The normalized spacial score (nSPS) is 40.8. The summed E-state index contributed by atoms with van der Waals surface area (Å²) in [5, 5.41) is 0. The Balaban J connectivity index is 1.67. The van der Waals surface area contributed by atoms with Crippen LogP contribution in [0.25, 0.3) is 0 Å². The highest BCUT2D eigenvalue weighted by molar-refractivity contribution is 6.29. The molecule has 3 unspecified atom stereocenters. The number of ether oxygens (including phenoxy) is 1. The van der Waals surface area contributed by atoms with Crippen LogP contribution in [0.15, 0.2) is 0 Å².